The van der Waals surface area contributed by atoms with Gasteiger partial charge in [0.2, 0.25) is 0 Å². The SMILES string of the molecule is CC12CCC(c3nc4c(-c5ccc(N6CCCC6)c6nc7c(nc56)C5CCC7(C)C5(C)C)ccc(N5CCCC5)c4nc31)C2(C)C. The van der Waals surface area contributed by atoms with E-state index in [2.05, 4.69) is 75.6 Å². The number of nitrogens with zero attached hydrogens (tertiary/aromatic N) is 6. The quantitative estimate of drug-likeness (QED) is 0.231. The molecule has 0 N–H and O–H groups in total. The van der Waals surface area contributed by atoms with Crippen LogP contribution < -0.4 is 9.80 Å². The van der Waals surface area contributed by atoms with Gasteiger partial charge in [0.25, 0.3) is 0 Å². The summed E-state index contributed by atoms with van der Waals surface area (Å²) in [4.78, 5) is 27.8. The van der Waals surface area contributed by atoms with Crippen LogP contribution >= 0.6 is 0 Å². The highest BCUT2D eigenvalue weighted by molar-refractivity contribution is 6.07. The first-order chi connectivity index (χ1) is 22.0. The van der Waals surface area contributed by atoms with E-state index in [0.29, 0.717) is 11.8 Å². The van der Waals surface area contributed by atoms with Crippen LogP contribution in [0.5, 0.6) is 0 Å². The number of benzene rings is 2. The minimum atomic E-state index is 0.0742. The highest BCUT2D eigenvalue weighted by atomic mass is 15.2. The molecule has 0 amide bonds. The Morgan fingerprint density at radius 3 is 1.30 bits per heavy atom. The predicted octanol–water partition coefficient (Wildman–Crippen LogP) is 8.79. The highest BCUT2D eigenvalue weighted by Gasteiger charge is 2.62. The van der Waals surface area contributed by atoms with Crippen LogP contribution in [0.15, 0.2) is 24.3 Å². The summed E-state index contributed by atoms with van der Waals surface area (Å²) >= 11 is 0. The van der Waals surface area contributed by atoms with Crippen molar-refractivity contribution in [2.45, 2.75) is 116 Å². The number of rotatable bonds is 3. The normalized spacial score (nSPS) is 31.5. The van der Waals surface area contributed by atoms with E-state index in [1.165, 1.54) is 96.6 Å². The van der Waals surface area contributed by atoms with E-state index in [0.717, 1.165) is 48.2 Å². The zero-order chi connectivity index (χ0) is 31.4. The van der Waals surface area contributed by atoms with E-state index in [9.17, 15) is 0 Å². The second-order valence-corrected chi connectivity index (χ2v) is 17.3. The van der Waals surface area contributed by atoms with Crippen molar-refractivity contribution in [3.05, 3.63) is 47.0 Å². The number of hydrogen-bond acceptors (Lipinski definition) is 6. The van der Waals surface area contributed by atoms with Crippen LogP contribution in [0.1, 0.15) is 128 Å². The zero-order valence-corrected chi connectivity index (χ0v) is 28.6. The summed E-state index contributed by atoms with van der Waals surface area (Å²) in [7, 11) is 0. The molecule has 2 aliphatic heterocycles. The Kier molecular flexibility index (Phi) is 5.31. The lowest BCUT2D eigenvalue weighted by atomic mass is 9.70. The van der Waals surface area contributed by atoms with E-state index < -0.39 is 0 Å². The molecule has 2 aromatic heterocycles. The monoisotopic (exact) mass is 612 g/mol. The maximum atomic E-state index is 5.69. The second kappa shape index (κ2) is 8.79. The fraction of sp³-hybridized carbons (Fsp3) is 0.600. The fourth-order valence-corrected chi connectivity index (χ4v) is 11.2. The lowest BCUT2D eigenvalue weighted by molar-refractivity contribution is 0.227. The van der Waals surface area contributed by atoms with Gasteiger partial charge in [-0.15, -0.1) is 0 Å². The van der Waals surface area contributed by atoms with Crippen LogP contribution in [0.25, 0.3) is 33.2 Å². The molecule has 6 nitrogen and oxygen atoms in total. The van der Waals surface area contributed by atoms with Crippen LogP contribution in [0.3, 0.4) is 0 Å². The molecule has 2 saturated heterocycles. The van der Waals surface area contributed by atoms with Gasteiger partial charge in [0.1, 0.15) is 11.0 Å². The minimum absolute atomic E-state index is 0.0742. The summed E-state index contributed by atoms with van der Waals surface area (Å²) in [5, 5.41) is 0. The molecule has 4 bridgehead atoms. The van der Waals surface area contributed by atoms with Crippen LogP contribution in [0, 0.1) is 10.8 Å². The molecule has 2 aromatic carbocycles. The van der Waals surface area contributed by atoms with Crippen molar-refractivity contribution in [3.63, 3.8) is 0 Å². The van der Waals surface area contributed by atoms with Gasteiger partial charge in [-0.2, -0.15) is 0 Å². The zero-order valence-electron chi connectivity index (χ0n) is 28.6. The van der Waals surface area contributed by atoms with Gasteiger partial charge in [0.05, 0.1) is 45.2 Å². The number of aromatic nitrogens is 4. The number of fused-ring (bicyclic) bond motifs is 12. The van der Waals surface area contributed by atoms with Crippen molar-refractivity contribution in [3.8, 4) is 11.1 Å². The van der Waals surface area contributed by atoms with Crippen LogP contribution in [-0.2, 0) is 10.8 Å². The van der Waals surface area contributed by atoms with Crippen molar-refractivity contribution in [2.75, 3.05) is 36.0 Å². The third kappa shape index (κ3) is 3.15. The van der Waals surface area contributed by atoms with E-state index >= 15 is 0 Å². The second-order valence-electron chi connectivity index (χ2n) is 17.3. The summed E-state index contributed by atoms with van der Waals surface area (Å²) in [6, 6.07) is 9.37. The molecule has 4 aliphatic carbocycles. The van der Waals surface area contributed by atoms with Crippen LogP contribution in [-0.4, -0.2) is 46.1 Å². The van der Waals surface area contributed by atoms with Gasteiger partial charge in [0.15, 0.2) is 0 Å². The smallest absolute Gasteiger partial charge is 0.113 e. The molecule has 238 valence electrons. The molecule has 46 heavy (non-hydrogen) atoms. The lowest BCUT2D eigenvalue weighted by Crippen LogP contribution is -2.32. The Bertz CT molecular complexity index is 1840. The number of hydrogen-bond donors (Lipinski definition) is 0. The Hall–Kier alpha value is -3.28. The van der Waals surface area contributed by atoms with E-state index in [1.54, 1.807) is 0 Å². The third-order valence-corrected chi connectivity index (χ3v) is 15.0. The molecule has 6 heteroatoms. The summed E-state index contributed by atoms with van der Waals surface area (Å²) < 4.78 is 0. The molecule has 4 atom stereocenters. The maximum absolute atomic E-state index is 5.69. The molecular weight excluding hydrogens is 564 g/mol. The maximum Gasteiger partial charge on any atom is 0.113 e. The summed E-state index contributed by atoms with van der Waals surface area (Å²) in [6.07, 6.45) is 9.80. The molecule has 10 rings (SSSR count). The van der Waals surface area contributed by atoms with E-state index in [4.69, 9.17) is 19.9 Å². The van der Waals surface area contributed by atoms with Crippen LogP contribution in [0.4, 0.5) is 11.4 Å². The average molecular weight is 613 g/mol. The minimum Gasteiger partial charge on any atom is -0.370 e. The summed E-state index contributed by atoms with van der Waals surface area (Å²) in [5.74, 6) is 0.923. The molecule has 4 aromatic rings. The standard InChI is InChI=1S/C40H48N6/c1-37(2)25-15-17-39(37,5)35-31(25)41-29-23(11-13-27(33(29)43-35)45-19-7-8-20-45)24-12-14-28(46-21-9-10-22-46)34-30(24)42-32-26-16-18-40(6,36(32)44-34)38(26,3)4/h11-14,25-26H,7-10,15-22H2,1-6H3. The first kappa shape index (κ1) is 27.8. The Morgan fingerprint density at radius 2 is 0.913 bits per heavy atom. The van der Waals surface area contributed by atoms with E-state index in [1.807, 2.05) is 0 Å². The molecule has 6 aliphatic rings. The molecule has 4 fully saturated rings. The molecule has 0 spiro atoms. The third-order valence-electron chi connectivity index (χ3n) is 15.0. The largest absolute Gasteiger partial charge is 0.370 e. The molecule has 0 radical (unpaired) electrons. The van der Waals surface area contributed by atoms with E-state index in [-0.39, 0.29) is 21.7 Å². The average Bonchev–Trinajstić information content (AvgIpc) is 3.87. The molecular formula is C40H48N6. The summed E-state index contributed by atoms with van der Waals surface area (Å²) in [6.45, 7) is 19.1. The van der Waals surface area contributed by atoms with Crippen molar-refractivity contribution in [1.29, 1.82) is 0 Å². The first-order valence-corrected chi connectivity index (χ1v) is 18.3. The van der Waals surface area contributed by atoms with Gasteiger partial charge in [-0.3, -0.25) is 0 Å². The Morgan fingerprint density at radius 1 is 0.522 bits per heavy atom. The number of anilines is 2. The lowest BCUT2D eigenvalue weighted by Gasteiger charge is -2.34. The van der Waals surface area contributed by atoms with Gasteiger partial charge in [-0.1, -0.05) is 41.5 Å². The topological polar surface area (TPSA) is 58.0 Å². The van der Waals surface area contributed by atoms with Crippen molar-refractivity contribution < 1.29 is 0 Å². The highest BCUT2D eigenvalue weighted by Crippen LogP contribution is 2.68. The van der Waals surface area contributed by atoms with Crippen molar-refractivity contribution >= 4 is 33.4 Å². The van der Waals surface area contributed by atoms with Crippen molar-refractivity contribution in [1.82, 2.24) is 19.9 Å². The first-order valence-electron chi connectivity index (χ1n) is 18.3. The van der Waals surface area contributed by atoms with Crippen LogP contribution in [0.2, 0.25) is 0 Å². The molecule has 4 unspecified atom stereocenters. The fourth-order valence-electron chi connectivity index (χ4n) is 11.2. The Balaban J connectivity index is 1.26. The molecule has 2 saturated carbocycles. The predicted molar refractivity (Wildman–Crippen MR) is 187 cm³/mol. The van der Waals surface area contributed by atoms with Crippen molar-refractivity contribution in [2.24, 2.45) is 10.8 Å². The van der Waals surface area contributed by atoms with Gasteiger partial charge in [0, 0.05) is 60.0 Å². The van der Waals surface area contributed by atoms with Gasteiger partial charge < -0.3 is 9.80 Å². The van der Waals surface area contributed by atoms with Gasteiger partial charge in [-0.05, 0) is 86.5 Å². The Labute approximate surface area is 273 Å². The van der Waals surface area contributed by atoms with Gasteiger partial charge in [-0.25, -0.2) is 19.9 Å². The molecule has 4 heterocycles. The van der Waals surface area contributed by atoms with Gasteiger partial charge >= 0.3 is 0 Å². The summed E-state index contributed by atoms with van der Waals surface area (Å²) in [5.41, 5.74) is 14.6.